The number of carbonyl (C=O) groups excluding carboxylic acids is 1. The van der Waals surface area contributed by atoms with E-state index in [9.17, 15) is 18.0 Å². The van der Waals surface area contributed by atoms with Crippen molar-refractivity contribution < 1.29 is 22.7 Å². The summed E-state index contributed by atoms with van der Waals surface area (Å²) in [6.45, 7) is 1.99. The number of nitrogens with zero attached hydrogens (tertiary/aromatic N) is 2. The van der Waals surface area contributed by atoms with Gasteiger partial charge in [-0.3, -0.25) is 4.79 Å². The van der Waals surface area contributed by atoms with Crippen LogP contribution in [0.1, 0.15) is 23.1 Å². The third kappa shape index (κ3) is 5.11. The van der Waals surface area contributed by atoms with Crippen molar-refractivity contribution in [2.24, 2.45) is 0 Å². The molecular weight excluding hydrogens is 497 g/mol. The lowest BCUT2D eigenvalue weighted by Crippen LogP contribution is -2.10. The number of hydrogen-bond acceptors (Lipinski definition) is 5. The zero-order valence-corrected chi connectivity index (χ0v) is 20.6. The van der Waals surface area contributed by atoms with Crippen LogP contribution in [0.25, 0.3) is 32.7 Å². The van der Waals surface area contributed by atoms with Crippen LogP contribution in [0.3, 0.4) is 0 Å². The minimum absolute atomic E-state index is 0.00144. The van der Waals surface area contributed by atoms with Crippen molar-refractivity contribution in [1.82, 2.24) is 9.97 Å². The highest BCUT2D eigenvalue weighted by Gasteiger charge is 2.21. The number of thiazole rings is 1. The van der Waals surface area contributed by atoms with Crippen molar-refractivity contribution in [3.05, 3.63) is 106 Å². The molecule has 2 heterocycles. The zero-order chi connectivity index (χ0) is 25.9. The van der Waals surface area contributed by atoms with Gasteiger partial charge in [-0.15, -0.1) is 11.3 Å². The van der Waals surface area contributed by atoms with Crippen LogP contribution in [0.2, 0.25) is 0 Å². The van der Waals surface area contributed by atoms with Gasteiger partial charge in [0.15, 0.2) is 11.6 Å². The molecular formula is C29H21F3N2O2S. The second kappa shape index (κ2) is 10.5. The molecule has 37 heavy (non-hydrogen) atoms. The quantitative estimate of drug-likeness (QED) is 0.170. The Bertz CT molecular complexity index is 1590. The molecule has 2 aromatic heterocycles. The van der Waals surface area contributed by atoms with Gasteiger partial charge >= 0.3 is 5.97 Å². The Balaban J connectivity index is 1.68. The van der Waals surface area contributed by atoms with E-state index in [-0.39, 0.29) is 35.6 Å². The predicted molar refractivity (Wildman–Crippen MR) is 138 cm³/mol. The average Bonchev–Trinajstić information content (AvgIpc) is 3.33. The number of ether oxygens (including phenoxy) is 1. The zero-order valence-electron chi connectivity index (χ0n) is 19.8. The summed E-state index contributed by atoms with van der Waals surface area (Å²) in [5.74, 6) is -3.71. The molecule has 0 spiro atoms. The Labute approximate surface area is 215 Å². The molecule has 0 fully saturated rings. The predicted octanol–water partition coefficient (Wildman–Crippen LogP) is 7.14. The molecule has 4 nitrogen and oxygen atoms in total. The SMILES string of the molecule is CCOC(=O)Cc1cc(Cc2nc3c(F)c(F)cc(F)c3s2)c(-c2ccccc2)nc1-c1ccccc1. The molecule has 0 amide bonds. The highest BCUT2D eigenvalue weighted by Crippen LogP contribution is 2.34. The average molecular weight is 519 g/mol. The standard InChI is InChI=1S/C29H21F3N2O2S/c1-2-36-24(35)15-20-13-19(14-23-33-28-25(32)21(30)16-22(31)29(28)37-23)26(17-9-5-3-6-10-17)34-27(20)18-11-7-4-8-12-18/h3-13,16H,2,14-15H2,1H3. The molecule has 0 atom stereocenters. The smallest absolute Gasteiger partial charge is 0.310 e. The maximum Gasteiger partial charge on any atom is 0.310 e. The Morgan fingerprint density at radius 1 is 0.838 bits per heavy atom. The largest absolute Gasteiger partial charge is 0.466 e. The van der Waals surface area contributed by atoms with Crippen LogP contribution in [0.5, 0.6) is 0 Å². The van der Waals surface area contributed by atoms with E-state index in [1.165, 1.54) is 0 Å². The fraction of sp³-hybridized carbons (Fsp3) is 0.138. The van der Waals surface area contributed by atoms with E-state index >= 15 is 0 Å². The van der Waals surface area contributed by atoms with Crippen LogP contribution in [-0.4, -0.2) is 22.5 Å². The number of rotatable bonds is 7. The molecule has 0 unspecified atom stereocenters. The maximum absolute atomic E-state index is 14.3. The number of aromatic nitrogens is 2. The van der Waals surface area contributed by atoms with Crippen molar-refractivity contribution in [3.63, 3.8) is 0 Å². The van der Waals surface area contributed by atoms with Crippen molar-refractivity contribution >= 4 is 27.5 Å². The number of fused-ring (bicyclic) bond motifs is 1. The topological polar surface area (TPSA) is 52.1 Å². The van der Waals surface area contributed by atoms with Crippen molar-refractivity contribution in [3.8, 4) is 22.5 Å². The number of pyridine rings is 1. The maximum atomic E-state index is 14.3. The van der Waals surface area contributed by atoms with E-state index in [2.05, 4.69) is 4.98 Å². The number of halogens is 3. The van der Waals surface area contributed by atoms with Gasteiger partial charge in [-0.25, -0.2) is 23.1 Å². The molecule has 0 N–H and O–H groups in total. The summed E-state index contributed by atoms with van der Waals surface area (Å²) in [7, 11) is 0. The summed E-state index contributed by atoms with van der Waals surface area (Å²) in [6, 6.07) is 21.4. The van der Waals surface area contributed by atoms with Gasteiger partial charge in [0.05, 0.1) is 34.1 Å². The van der Waals surface area contributed by atoms with Gasteiger partial charge in [0, 0.05) is 23.6 Å². The van der Waals surface area contributed by atoms with Gasteiger partial charge in [0.25, 0.3) is 0 Å². The third-order valence-electron chi connectivity index (χ3n) is 5.82. The van der Waals surface area contributed by atoms with Gasteiger partial charge in [-0.05, 0) is 18.1 Å². The summed E-state index contributed by atoms with van der Waals surface area (Å²) in [4.78, 5) is 21.7. The molecule has 5 aromatic rings. The second-order valence-electron chi connectivity index (χ2n) is 8.33. The third-order valence-corrected chi connectivity index (χ3v) is 6.88. The number of esters is 1. The van der Waals surface area contributed by atoms with Gasteiger partial charge in [0.2, 0.25) is 0 Å². The summed E-state index contributed by atoms with van der Waals surface area (Å²) >= 11 is 0.962. The Kier molecular flexibility index (Phi) is 7.01. The second-order valence-corrected chi connectivity index (χ2v) is 9.42. The van der Waals surface area contributed by atoms with Crippen LogP contribution in [0.15, 0.2) is 72.8 Å². The number of carbonyl (C=O) groups is 1. The van der Waals surface area contributed by atoms with E-state index in [0.717, 1.165) is 22.5 Å². The molecule has 0 aliphatic heterocycles. The monoisotopic (exact) mass is 518 g/mol. The van der Waals surface area contributed by atoms with Gasteiger partial charge in [-0.2, -0.15) is 0 Å². The Morgan fingerprint density at radius 3 is 2.08 bits per heavy atom. The first-order valence-corrected chi connectivity index (χ1v) is 12.5. The molecule has 3 aromatic carbocycles. The number of hydrogen-bond donors (Lipinski definition) is 0. The molecule has 0 aliphatic carbocycles. The van der Waals surface area contributed by atoms with Gasteiger partial charge < -0.3 is 4.74 Å². The molecule has 0 saturated carbocycles. The number of benzene rings is 3. The normalized spacial score (nSPS) is 11.1. The summed E-state index contributed by atoms with van der Waals surface area (Å²) < 4.78 is 47.6. The first-order chi connectivity index (χ1) is 17.9. The molecule has 5 rings (SSSR count). The van der Waals surface area contributed by atoms with Gasteiger partial charge in [-0.1, -0.05) is 66.7 Å². The van der Waals surface area contributed by atoms with E-state index < -0.39 is 17.5 Å². The lowest BCUT2D eigenvalue weighted by atomic mass is 9.96. The molecule has 0 aliphatic rings. The van der Waals surface area contributed by atoms with Gasteiger partial charge in [0.1, 0.15) is 11.3 Å². The molecule has 186 valence electrons. The van der Waals surface area contributed by atoms with Crippen molar-refractivity contribution in [2.45, 2.75) is 19.8 Å². The fourth-order valence-electron chi connectivity index (χ4n) is 4.20. The first-order valence-electron chi connectivity index (χ1n) is 11.7. The van der Waals surface area contributed by atoms with E-state index in [1.807, 2.05) is 66.7 Å². The first kappa shape index (κ1) is 24.6. The lowest BCUT2D eigenvalue weighted by molar-refractivity contribution is -0.142. The highest BCUT2D eigenvalue weighted by molar-refractivity contribution is 7.18. The highest BCUT2D eigenvalue weighted by atomic mass is 32.1. The van der Waals surface area contributed by atoms with Crippen molar-refractivity contribution in [2.75, 3.05) is 6.61 Å². The Morgan fingerprint density at radius 2 is 1.46 bits per heavy atom. The molecule has 0 bridgehead atoms. The minimum Gasteiger partial charge on any atom is -0.466 e. The summed E-state index contributed by atoms with van der Waals surface area (Å²) in [6.07, 6.45) is 0.184. The van der Waals surface area contributed by atoms with E-state index in [0.29, 0.717) is 33.6 Å². The van der Waals surface area contributed by atoms with Crippen LogP contribution in [-0.2, 0) is 22.4 Å². The summed E-state index contributed by atoms with van der Waals surface area (Å²) in [5.41, 5.74) is 4.00. The van der Waals surface area contributed by atoms with Crippen LogP contribution in [0.4, 0.5) is 13.2 Å². The lowest BCUT2D eigenvalue weighted by Gasteiger charge is -2.16. The van der Waals surface area contributed by atoms with E-state index in [1.54, 1.807) is 6.92 Å². The van der Waals surface area contributed by atoms with Crippen LogP contribution < -0.4 is 0 Å². The van der Waals surface area contributed by atoms with Crippen molar-refractivity contribution in [1.29, 1.82) is 0 Å². The molecule has 8 heteroatoms. The van der Waals surface area contributed by atoms with Crippen LogP contribution in [0, 0.1) is 17.5 Å². The minimum atomic E-state index is -1.28. The molecule has 0 saturated heterocycles. The summed E-state index contributed by atoms with van der Waals surface area (Å²) in [5, 5.41) is 0.395. The van der Waals surface area contributed by atoms with Crippen LogP contribution >= 0.6 is 11.3 Å². The van der Waals surface area contributed by atoms with E-state index in [4.69, 9.17) is 9.72 Å². The fourth-order valence-corrected chi connectivity index (χ4v) is 5.19. The molecule has 0 radical (unpaired) electrons. The Hall–Kier alpha value is -4.04.